The Kier molecular flexibility index (Phi) is 6.78. The average molecular weight is 446 g/mol. The third kappa shape index (κ3) is 6.04. The Morgan fingerprint density at radius 3 is 2.48 bits per heavy atom. The molecule has 4 rings (SSSR count). The van der Waals surface area contributed by atoms with Crippen LogP contribution in [0.25, 0.3) is 0 Å². The van der Waals surface area contributed by atoms with Crippen LogP contribution in [0.3, 0.4) is 0 Å². The van der Waals surface area contributed by atoms with Gasteiger partial charge in [0.05, 0.1) is 18.1 Å². The van der Waals surface area contributed by atoms with Crippen LogP contribution in [0.5, 0.6) is 11.5 Å². The number of benzene rings is 2. The van der Waals surface area contributed by atoms with E-state index in [-0.39, 0.29) is 25.0 Å². The van der Waals surface area contributed by atoms with Gasteiger partial charge in [0.2, 0.25) is 0 Å². The molecule has 0 radical (unpaired) electrons. The number of amides is 1. The summed E-state index contributed by atoms with van der Waals surface area (Å²) in [5.74, 6) is 1.94. The zero-order chi connectivity index (χ0) is 23.2. The number of nitrogens with one attached hydrogen (secondary N) is 1. The molecule has 0 bridgehead atoms. The second-order valence-corrected chi connectivity index (χ2v) is 7.87. The fraction of sp³-hybridized carbons (Fsp3) is 0.231. The van der Waals surface area contributed by atoms with Gasteiger partial charge in [0.1, 0.15) is 23.9 Å². The van der Waals surface area contributed by atoms with Crippen molar-refractivity contribution in [3.05, 3.63) is 95.2 Å². The van der Waals surface area contributed by atoms with Gasteiger partial charge in [0, 0.05) is 0 Å². The van der Waals surface area contributed by atoms with E-state index in [2.05, 4.69) is 23.4 Å². The number of aromatic nitrogens is 2. The molecule has 0 aliphatic rings. The topological polar surface area (TPSA) is 78.5 Å². The van der Waals surface area contributed by atoms with E-state index in [0.717, 1.165) is 29.0 Å². The minimum absolute atomic E-state index is 0.203. The highest BCUT2D eigenvalue weighted by atomic mass is 16.5. The molecule has 0 unspecified atom stereocenters. The molecule has 170 valence electrons. The number of hydrogen-bond acceptors (Lipinski definition) is 5. The van der Waals surface area contributed by atoms with Crippen LogP contribution in [-0.2, 0) is 19.8 Å². The van der Waals surface area contributed by atoms with Gasteiger partial charge in [-0.05, 0) is 73.4 Å². The van der Waals surface area contributed by atoms with Crippen molar-refractivity contribution in [1.29, 1.82) is 0 Å². The number of hydrogen-bond donors (Lipinski definition) is 1. The highest BCUT2D eigenvalue weighted by Gasteiger charge is 2.13. The first-order valence-corrected chi connectivity index (χ1v) is 10.8. The van der Waals surface area contributed by atoms with Crippen molar-refractivity contribution in [2.24, 2.45) is 0 Å². The van der Waals surface area contributed by atoms with E-state index in [1.54, 1.807) is 29.2 Å². The average Bonchev–Trinajstić information content (AvgIpc) is 3.46. The molecular weight excluding hydrogens is 418 g/mol. The molecule has 0 aliphatic heterocycles. The monoisotopic (exact) mass is 445 g/mol. The van der Waals surface area contributed by atoms with Crippen molar-refractivity contribution in [3.63, 3.8) is 0 Å². The van der Waals surface area contributed by atoms with E-state index < -0.39 is 0 Å². The molecule has 0 saturated heterocycles. The lowest BCUT2D eigenvalue weighted by Crippen LogP contribution is -2.10. The smallest absolute Gasteiger partial charge is 0.291 e. The number of anilines is 1. The maximum atomic E-state index is 12.5. The van der Waals surface area contributed by atoms with Crippen LogP contribution >= 0.6 is 0 Å². The summed E-state index contributed by atoms with van der Waals surface area (Å²) in [4.78, 5) is 12.5. The van der Waals surface area contributed by atoms with Crippen molar-refractivity contribution < 1.29 is 18.7 Å². The second kappa shape index (κ2) is 10.1. The molecule has 2 heterocycles. The van der Waals surface area contributed by atoms with Crippen LogP contribution in [0.2, 0.25) is 0 Å². The van der Waals surface area contributed by atoms with Gasteiger partial charge in [-0.2, -0.15) is 5.10 Å². The second-order valence-electron chi connectivity index (χ2n) is 7.87. The molecule has 0 fully saturated rings. The molecule has 0 atom stereocenters. The van der Waals surface area contributed by atoms with Crippen LogP contribution in [0.15, 0.2) is 71.4 Å². The van der Waals surface area contributed by atoms with Gasteiger partial charge >= 0.3 is 0 Å². The quantitative estimate of drug-likeness (QED) is 0.367. The van der Waals surface area contributed by atoms with Crippen LogP contribution in [0.4, 0.5) is 5.69 Å². The SMILES string of the molecule is CCc1ccc(OCn2cc(NC(=O)c3ccc(COc4cc(C)cc(C)c4)o3)cn2)cc1. The number of aryl methyl sites for hydroxylation is 3. The first-order chi connectivity index (χ1) is 16.0. The predicted octanol–water partition coefficient (Wildman–Crippen LogP) is 5.52. The van der Waals surface area contributed by atoms with Crippen molar-refractivity contribution in [1.82, 2.24) is 9.78 Å². The molecule has 1 amide bonds. The van der Waals surface area contributed by atoms with Crippen LogP contribution in [0, 0.1) is 13.8 Å². The lowest BCUT2D eigenvalue weighted by atomic mass is 10.1. The molecule has 7 heteroatoms. The zero-order valence-electron chi connectivity index (χ0n) is 19.0. The third-order valence-electron chi connectivity index (χ3n) is 5.05. The van der Waals surface area contributed by atoms with Gasteiger partial charge in [-0.3, -0.25) is 4.79 Å². The van der Waals surface area contributed by atoms with Gasteiger partial charge in [0.15, 0.2) is 12.5 Å². The molecule has 2 aromatic heterocycles. The fourth-order valence-electron chi connectivity index (χ4n) is 3.40. The Bertz CT molecular complexity index is 1200. The van der Waals surface area contributed by atoms with E-state index >= 15 is 0 Å². The molecule has 2 aromatic carbocycles. The fourth-order valence-corrected chi connectivity index (χ4v) is 3.40. The molecule has 33 heavy (non-hydrogen) atoms. The highest BCUT2D eigenvalue weighted by molar-refractivity contribution is 6.02. The van der Waals surface area contributed by atoms with E-state index in [1.807, 2.05) is 50.2 Å². The third-order valence-corrected chi connectivity index (χ3v) is 5.05. The number of nitrogens with zero attached hydrogens (tertiary/aromatic N) is 2. The van der Waals surface area contributed by atoms with Gasteiger partial charge < -0.3 is 19.2 Å². The van der Waals surface area contributed by atoms with Crippen LogP contribution in [0.1, 0.15) is 39.9 Å². The van der Waals surface area contributed by atoms with Crippen LogP contribution in [-0.4, -0.2) is 15.7 Å². The first-order valence-electron chi connectivity index (χ1n) is 10.8. The number of carbonyl (C=O) groups excluding carboxylic acids is 1. The number of rotatable bonds is 9. The molecule has 0 aliphatic carbocycles. The Balaban J connectivity index is 1.28. The normalized spacial score (nSPS) is 10.8. The van der Waals surface area contributed by atoms with E-state index in [4.69, 9.17) is 13.9 Å². The van der Waals surface area contributed by atoms with E-state index in [1.165, 1.54) is 5.56 Å². The number of furan rings is 1. The van der Waals surface area contributed by atoms with Crippen molar-refractivity contribution in [2.45, 2.75) is 40.5 Å². The Morgan fingerprint density at radius 2 is 1.76 bits per heavy atom. The summed E-state index contributed by atoms with van der Waals surface area (Å²) in [6.45, 7) is 6.63. The number of carbonyl (C=O) groups is 1. The van der Waals surface area contributed by atoms with Gasteiger partial charge in [-0.25, -0.2) is 4.68 Å². The molecule has 0 saturated carbocycles. The maximum Gasteiger partial charge on any atom is 0.291 e. The Labute approximate surface area is 192 Å². The minimum atomic E-state index is -0.358. The Hall–Kier alpha value is -4.00. The summed E-state index contributed by atoms with van der Waals surface area (Å²) in [5, 5.41) is 7.00. The van der Waals surface area contributed by atoms with Gasteiger partial charge in [-0.15, -0.1) is 0 Å². The largest absolute Gasteiger partial charge is 0.486 e. The molecular formula is C26H27N3O4. The molecule has 7 nitrogen and oxygen atoms in total. The first kappa shape index (κ1) is 22.2. The standard InChI is InChI=1S/C26H27N3O4/c1-4-20-5-7-22(8-6-20)32-17-29-15-21(14-27-29)28-26(30)25-10-9-23(33-25)16-31-24-12-18(2)11-19(3)13-24/h5-15H,4,16-17H2,1-3H3,(H,28,30). The molecule has 1 N–H and O–H groups in total. The summed E-state index contributed by atoms with van der Waals surface area (Å²) in [6, 6.07) is 17.3. The van der Waals surface area contributed by atoms with Gasteiger partial charge in [-0.1, -0.05) is 25.1 Å². The Morgan fingerprint density at radius 1 is 1.00 bits per heavy atom. The van der Waals surface area contributed by atoms with Gasteiger partial charge in [0.25, 0.3) is 5.91 Å². The maximum absolute atomic E-state index is 12.5. The lowest BCUT2D eigenvalue weighted by molar-refractivity contribution is 0.0992. The van der Waals surface area contributed by atoms with Crippen molar-refractivity contribution in [2.75, 3.05) is 5.32 Å². The highest BCUT2D eigenvalue weighted by Crippen LogP contribution is 2.19. The summed E-state index contributed by atoms with van der Waals surface area (Å²) in [7, 11) is 0. The summed E-state index contributed by atoms with van der Waals surface area (Å²) < 4.78 is 18.8. The van der Waals surface area contributed by atoms with Crippen molar-refractivity contribution >= 4 is 11.6 Å². The predicted molar refractivity (Wildman–Crippen MR) is 126 cm³/mol. The minimum Gasteiger partial charge on any atom is -0.486 e. The van der Waals surface area contributed by atoms with E-state index in [9.17, 15) is 4.79 Å². The lowest BCUT2D eigenvalue weighted by Gasteiger charge is -2.07. The summed E-state index contributed by atoms with van der Waals surface area (Å²) in [6.07, 6.45) is 4.25. The van der Waals surface area contributed by atoms with Crippen LogP contribution < -0.4 is 14.8 Å². The number of ether oxygens (including phenoxy) is 2. The summed E-state index contributed by atoms with van der Waals surface area (Å²) >= 11 is 0. The van der Waals surface area contributed by atoms with Crippen molar-refractivity contribution in [3.8, 4) is 11.5 Å². The summed E-state index contributed by atoms with van der Waals surface area (Å²) in [5.41, 5.74) is 4.06. The zero-order valence-corrected chi connectivity index (χ0v) is 19.0. The van der Waals surface area contributed by atoms with E-state index in [0.29, 0.717) is 11.4 Å². The molecule has 4 aromatic rings. The molecule has 0 spiro atoms.